The van der Waals surface area contributed by atoms with Crippen molar-refractivity contribution in [1.82, 2.24) is 0 Å². The lowest BCUT2D eigenvalue weighted by Gasteiger charge is -2.22. The van der Waals surface area contributed by atoms with Gasteiger partial charge < -0.3 is 15.4 Å². The first-order valence-electron chi connectivity index (χ1n) is 7.30. The van der Waals surface area contributed by atoms with Gasteiger partial charge in [-0.2, -0.15) is 0 Å². The molecular weight excluding hydrogens is 272 g/mol. The van der Waals surface area contributed by atoms with Crippen molar-refractivity contribution in [2.75, 3.05) is 24.8 Å². The Morgan fingerprint density at radius 3 is 2.18 bits per heavy atom. The third kappa shape index (κ3) is 2.80. The average Bonchev–Trinajstić information content (AvgIpc) is 2.70. The van der Waals surface area contributed by atoms with Gasteiger partial charge in [-0.15, -0.1) is 0 Å². The monoisotopic (exact) mass is 296 g/mol. The van der Waals surface area contributed by atoms with Crippen LogP contribution in [0.2, 0.25) is 0 Å². The van der Waals surface area contributed by atoms with E-state index in [1.165, 1.54) is 16.9 Å². The number of allylic oxidation sites excluding steroid dienone is 1. The van der Waals surface area contributed by atoms with Crippen molar-refractivity contribution < 1.29 is 4.74 Å². The third-order valence-corrected chi connectivity index (χ3v) is 4.20. The van der Waals surface area contributed by atoms with Crippen molar-refractivity contribution in [2.45, 2.75) is 19.3 Å². The van der Waals surface area contributed by atoms with Gasteiger partial charge in [-0.1, -0.05) is 50.8 Å². The molecule has 3 rings (SSSR count). The molecule has 0 atom stereocenters. The van der Waals surface area contributed by atoms with E-state index in [1.54, 1.807) is 13.2 Å². The Morgan fingerprint density at radius 2 is 1.64 bits per heavy atom. The summed E-state index contributed by atoms with van der Waals surface area (Å²) in [6.07, 6.45) is 0. The first-order chi connectivity index (χ1) is 10.4. The lowest BCUT2D eigenvalue weighted by molar-refractivity contribution is 0.417. The molecule has 2 N–H and O–H groups in total. The summed E-state index contributed by atoms with van der Waals surface area (Å²) in [6, 6.07) is 15.9. The highest BCUT2D eigenvalue weighted by Gasteiger charge is 2.36. The van der Waals surface area contributed by atoms with Crippen LogP contribution in [0.25, 0.3) is 0 Å². The first kappa shape index (κ1) is 16.0. The molecule has 0 saturated carbocycles. The van der Waals surface area contributed by atoms with E-state index in [4.69, 9.17) is 10.5 Å². The molecule has 22 heavy (non-hydrogen) atoms. The van der Waals surface area contributed by atoms with Crippen LogP contribution >= 0.6 is 0 Å². The van der Waals surface area contributed by atoms with Gasteiger partial charge in [0.15, 0.2) is 0 Å². The number of nitrogen functional groups attached to an aromatic ring is 1. The zero-order valence-electron chi connectivity index (χ0n) is 13.8. The summed E-state index contributed by atoms with van der Waals surface area (Å²) in [7, 11) is 3.68. The lowest BCUT2D eigenvalue weighted by Crippen LogP contribution is -2.21. The number of anilines is 2. The largest absolute Gasteiger partial charge is 0.495 e. The Balaban J connectivity index is 0.000000172. The number of nitrogens with two attached hydrogens (primary N) is 1. The fourth-order valence-corrected chi connectivity index (χ4v) is 2.68. The van der Waals surface area contributed by atoms with Gasteiger partial charge in [0, 0.05) is 23.8 Å². The normalized spacial score (nSPS) is 14.9. The molecule has 116 valence electrons. The summed E-state index contributed by atoms with van der Waals surface area (Å²) in [6.45, 7) is 8.57. The number of para-hydroxylation sites is 3. The number of likely N-dealkylation sites (N-methyl/N-ethyl adjacent to an activating group) is 1. The summed E-state index contributed by atoms with van der Waals surface area (Å²) in [5, 5.41) is 0. The van der Waals surface area contributed by atoms with Gasteiger partial charge in [-0.3, -0.25) is 0 Å². The zero-order valence-corrected chi connectivity index (χ0v) is 13.8. The Hall–Kier alpha value is -2.42. The van der Waals surface area contributed by atoms with Crippen LogP contribution in [0.4, 0.5) is 11.4 Å². The molecule has 1 heterocycles. The summed E-state index contributed by atoms with van der Waals surface area (Å²) in [4.78, 5) is 2.18. The number of methoxy groups -OCH3 is 1. The number of ether oxygens (including phenoxy) is 1. The number of nitrogens with zero attached hydrogens (tertiary/aromatic N) is 1. The minimum absolute atomic E-state index is 0.0886. The fraction of sp³-hybridized carbons (Fsp3) is 0.263. The number of hydrogen-bond donors (Lipinski definition) is 1. The molecule has 0 aliphatic carbocycles. The van der Waals surface area contributed by atoms with Crippen molar-refractivity contribution in [2.24, 2.45) is 0 Å². The van der Waals surface area contributed by atoms with Gasteiger partial charge >= 0.3 is 0 Å². The lowest BCUT2D eigenvalue weighted by atomic mass is 9.85. The topological polar surface area (TPSA) is 38.5 Å². The highest BCUT2D eigenvalue weighted by Crippen LogP contribution is 2.45. The Labute approximate surface area is 133 Å². The Kier molecular flexibility index (Phi) is 4.45. The predicted octanol–water partition coefficient (Wildman–Crippen LogP) is 4.21. The maximum absolute atomic E-state index is 5.51. The molecule has 3 nitrogen and oxygen atoms in total. The molecule has 0 saturated heterocycles. The standard InChI is InChI=1S/C12H15N.C7H9NO/c1-9-12(2,3)10-7-5-6-8-11(10)13(9)4;1-9-7-5-3-2-4-6(7)8/h5-8H,1H2,2-4H3;2-5H,8H2,1H3. The van der Waals surface area contributed by atoms with Crippen LogP contribution in [0, 0.1) is 0 Å². The Bertz CT molecular complexity index is 677. The first-order valence-corrected chi connectivity index (χ1v) is 7.30. The van der Waals surface area contributed by atoms with Gasteiger partial charge in [0.2, 0.25) is 0 Å². The molecule has 0 amide bonds. The summed E-state index contributed by atoms with van der Waals surface area (Å²) in [5.41, 5.74) is 10.1. The van der Waals surface area contributed by atoms with Gasteiger partial charge in [0.05, 0.1) is 12.8 Å². The predicted molar refractivity (Wildman–Crippen MR) is 94.4 cm³/mol. The highest BCUT2D eigenvalue weighted by atomic mass is 16.5. The number of benzene rings is 2. The maximum atomic E-state index is 5.51. The van der Waals surface area contributed by atoms with E-state index in [0.717, 1.165) is 5.75 Å². The van der Waals surface area contributed by atoms with E-state index in [-0.39, 0.29) is 5.41 Å². The van der Waals surface area contributed by atoms with Crippen molar-refractivity contribution in [3.05, 3.63) is 66.4 Å². The van der Waals surface area contributed by atoms with Gasteiger partial charge in [-0.25, -0.2) is 0 Å². The molecule has 2 aromatic carbocycles. The van der Waals surface area contributed by atoms with Crippen LogP contribution in [0.15, 0.2) is 60.8 Å². The summed E-state index contributed by atoms with van der Waals surface area (Å²) >= 11 is 0. The summed E-state index contributed by atoms with van der Waals surface area (Å²) in [5.74, 6) is 0.734. The number of rotatable bonds is 1. The highest BCUT2D eigenvalue weighted by molar-refractivity contribution is 5.69. The molecule has 0 bridgehead atoms. The molecule has 0 spiro atoms. The second kappa shape index (κ2) is 6.14. The van der Waals surface area contributed by atoms with Crippen LogP contribution in [-0.2, 0) is 5.41 Å². The molecule has 2 aromatic rings. The van der Waals surface area contributed by atoms with E-state index in [9.17, 15) is 0 Å². The zero-order chi connectivity index (χ0) is 16.3. The third-order valence-electron chi connectivity index (χ3n) is 4.20. The maximum Gasteiger partial charge on any atom is 0.141 e. The minimum Gasteiger partial charge on any atom is -0.495 e. The van der Waals surface area contributed by atoms with E-state index in [1.807, 2.05) is 18.2 Å². The van der Waals surface area contributed by atoms with Crippen LogP contribution in [0.5, 0.6) is 5.75 Å². The van der Waals surface area contributed by atoms with Gasteiger partial charge in [0.1, 0.15) is 5.75 Å². The van der Waals surface area contributed by atoms with Gasteiger partial charge in [-0.05, 0) is 23.8 Å². The van der Waals surface area contributed by atoms with Crippen LogP contribution in [0.3, 0.4) is 0 Å². The van der Waals surface area contributed by atoms with E-state index < -0.39 is 0 Å². The number of fused-ring (bicyclic) bond motifs is 1. The molecule has 1 aliphatic heterocycles. The minimum atomic E-state index is 0.0886. The van der Waals surface area contributed by atoms with Crippen LogP contribution in [-0.4, -0.2) is 14.2 Å². The molecule has 0 fully saturated rings. The molecular formula is C19H24N2O. The Morgan fingerprint density at radius 1 is 1.05 bits per heavy atom. The molecule has 0 radical (unpaired) electrons. The molecule has 0 unspecified atom stereocenters. The van der Waals surface area contributed by atoms with E-state index in [2.05, 4.69) is 56.6 Å². The fourth-order valence-electron chi connectivity index (χ4n) is 2.68. The van der Waals surface area contributed by atoms with Crippen molar-refractivity contribution in [3.8, 4) is 5.75 Å². The van der Waals surface area contributed by atoms with E-state index >= 15 is 0 Å². The SMILES string of the molecule is C=C1N(C)c2ccccc2C1(C)C.COc1ccccc1N. The van der Waals surface area contributed by atoms with E-state index in [0.29, 0.717) is 5.69 Å². The van der Waals surface area contributed by atoms with Gasteiger partial charge in [0.25, 0.3) is 0 Å². The summed E-state index contributed by atoms with van der Waals surface area (Å²) < 4.78 is 4.92. The average molecular weight is 296 g/mol. The smallest absolute Gasteiger partial charge is 0.141 e. The quantitative estimate of drug-likeness (QED) is 0.801. The molecule has 3 heteroatoms. The number of hydrogen-bond acceptors (Lipinski definition) is 3. The van der Waals surface area contributed by atoms with Crippen molar-refractivity contribution in [1.29, 1.82) is 0 Å². The van der Waals surface area contributed by atoms with Crippen LogP contribution in [0.1, 0.15) is 19.4 Å². The second-order valence-electron chi connectivity index (χ2n) is 5.89. The van der Waals surface area contributed by atoms with Crippen LogP contribution < -0.4 is 15.4 Å². The second-order valence-corrected chi connectivity index (χ2v) is 5.89. The molecule has 1 aliphatic rings. The van der Waals surface area contributed by atoms with Crippen molar-refractivity contribution in [3.63, 3.8) is 0 Å². The molecule has 0 aromatic heterocycles. The van der Waals surface area contributed by atoms with Crippen molar-refractivity contribution >= 4 is 11.4 Å².